The van der Waals surface area contributed by atoms with Crippen LogP contribution in [-0.4, -0.2) is 35.8 Å². The molecule has 3 N–H and O–H groups in total. The van der Waals surface area contributed by atoms with Crippen LogP contribution in [0.4, 0.5) is 11.5 Å². The highest BCUT2D eigenvalue weighted by atomic mass is 16.5. The number of amides is 1. The number of H-pyrrole nitrogens is 1. The number of nitrogens with zero attached hydrogens (tertiary/aromatic N) is 1. The first-order valence-electron chi connectivity index (χ1n) is 10.5. The number of anilines is 2. The Bertz CT molecular complexity index is 1220. The van der Waals surface area contributed by atoms with Gasteiger partial charge in [-0.25, -0.2) is 4.79 Å². The summed E-state index contributed by atoms with van der Waals surface area (Å²) in [5.41, 5.74) is 1.90. The van der Waals surface area contributed by atoms with E-state index in [9.17, 15) is 14.4 Å². The zero-order valence-corrected chi connectivity index (χ0v) is 18.9. The summed E-state index contributed by atoms with van der Waals surface area (Å²) in [5, 5.41) is 5.70. The SMILES string of the molecule is COCCn1c(NC(=O)COc2ccc(C)c(C)c2)c(NCc2ccccc2)c(=O)[nH]c1=O. The maximum atomic E-state index is 12.7. The molecule has 0 aliphatic rings. The molecule has 0 atom stereocenters. The van der Waals surface area contributed by atoms with Crippen molar-refractivity contribution in [2.75, 3.05) is 31.0 Å². The fourth-order valence-electron chi connectivity index (χ4n) is 3.17. The molecule has 2 aromatic carbocycles. The number of hydrogen-bond acceptors (Lipinski definition) is 6. The Hall–Kier alpha value is -3.85. The largest absolute Gasteiger partial charge is 0.484 e. The number of hydrogen-bond donors (Lipinski definition) is 3. The Morgan fingerprint density at radius 2 is 1.82 bits per heavy atom. The molecule has 3 aromatic rings. The maximum Gasteiger partial charge on any atom is 0.330 e. The number of nitrogens with one attached hydrogen (secondary N) is 3. The van der Waals surface area contributed by atoms with Gasteiger partial charge in [0, 0.05) is 13.7 Å². The van der Waals surface area contributed by atoms with Gasteiger partial charge in [0.1, 0.15) is 17.3 Å². The third kappa shape index (κ3) is 6.33. The van der Waals surface area contributed by atoms with Crippen molar-refractivity contribution in [3.05, 3.63) is 86.1 Å². The molecule has 0 aliphatic heterocycles. The fourth-order valence-corrected chi connectivity index (χ4v) is 3.17. The number of aromatic amines is 1. The van der Waals surface area contributed by atoms with Crippen LogP contribution in [0.1, 0.15) is 16.7 Å². The monoisotopic (exact) mass is 452 g/mol. The predicted molar refractivity (Wildman–Crippen MR) is 127 cm³/mol. The van der Waals surface area contributed by atoms with Gasteiger partial charge in [-0.1, -0.05) is 36.4 Å². The van der Waals surface area contributed by atoms with Crippen molar-refractivity contribution < 1.29 is 14.3 Å². The molecule has 3 rings (SSSR count). The topological polar surface area (TPSA) is 114 Å². The Morgan fingerprint density at radius 1 is 1.06 bits per heavy atom. The highest BCUT2D eigenvalue weighted by molar-refractivity contribution is 5.93. The summed E-state index contributed by atoms with van der Waals surface area (Å²) in [5.74, 6) is 0.107. The van der Waals surface area contributed by atoms with Crippen molar-refractivity contribution in [2.45, 2.75) is 26.9 Å². The lowest BCUT2D eigenvalue weighted by atomic mass is 10.1. The van der Waals surface area contributed by atoms with E-state index in [1.807, 2.05) is 56.3 Å². The van der Waals surface area contributed by atoms with Crippen molar-refractivity contribution >= 4 is 17.4 Å². The lowest BCUT2D eigenvalue weighted by Crippen LogP contribution is -2.36. The van der Waals surface area contributed by atoms with E-state index in [2.05, 4.69) is 15.6 Å². The van der Waals surface area contributed by atoms with Crippen LogP contribution in [0.5, 0.6) is 5.75 Å². The molecular weight excluding hydrogens is 424 g/mol. The molecule has 33 heavy (non-hydrogen) atoms. The van der Waals surface area contributed by atoms with Crippen molar-refractivity contribution in [1.29, 1.82) is 0 Å². The Kier molecular flexibility index (Phi) is 8.04. The summed E-state index contributed by atoms with van der Waals surface area (Å²) in [4.78, 5) is 40.0. The Labute approximate surface area is 191 Å². The van der Waals surface area contributed by atoms with Gasteiger partial charge in [-0.2, -0.15) is 0 Å². The van der Waals surface area contributed by atoms with Crippen LogP contribution in [0.15, 0.2) is 58.1 Å². The number of aromatic nitrogens is 2. The first-order valence-corrected chi connectivity index (χ1v) is 10.5. The summed E-state index contributed by atoms with van der Waals surface area (Å²) < 4.78 is 11.9. The number of carbonyl (C=O) groups excluding carboxylic acids is 1. The minimum Gasteiger partial charge on any atom is -0.484 e. The molecule has 1 aromatic heterocycles. The van der Waals surface area contributed by atoms with Crippen LogP contribution >= 0.6 is 0 Å². The van der Waals surface area contributed by atoms with Gasteiger partial charge >= 0.3 is 5.69 Å². The van der Waals surface area contributed by atoms with Crippen molar-refractivity contribution in [2.24, 2.45) is 0 Å². The van der Waals surface area contributed by atoms with Crippen LogP contribution in [-0.2, 0) is 22.6 Å². The molecule has 9 nitrogen and oxygen atoms in total. The standard InChI is InChI=1S/C24H28N4O5/c1-16-9-10-19(13-17(16)2)33-15-20(29)26-22-21(25-14-18-7-5-4-6-8-18)23(30)27-24(31)28(22)11-12-32-3/h4-10,13,25H,11-12,14-15H2,1-3H3,(H,26,29)(H,27,30,31). The number of aryl methyl sites for hydroxylation is 2. The second-order valence-electron chi connectivity index (χ2n) is 7.55. The van der Waals surface area contributed by atoms with Gasteiger partial charge in [0.2, 0.25) is 0 Å². The van der Waals surface area contributed by atoms with Gasteiger partial charge in [-0.15, -0.1) is 0 Å². The average molecular weight is 453 g/mol. The average Bonchev–Trinajstić information content (AvgIpc) is 2.80. The molecular formula is C24H28N4O5. The number of benzene rings is 2. The van der Waals surface area contributed by atoms with E-state index in [0.717, 1.165) is 16.7 Å². The second kappa shape index (κ2) is 11.1. The second-order valence-corrected chi connectivity index (χ2v) is 7.55. The van der Waals surface area contributed by atoms with Crippen LogP contribution in [0.2, 0.25) is 0 Å². The zero-order chi connectivity index (χ0) is 23.8. The van der Waals surface area contributed by atoms with Gasteiger partial charge in [0.15, 0.2) is 6.61 Å². The van der Waals surface area contributed by atoms with Gasteiger partial charge in [0.05, 0.1) is 13.2 Å². The Balaban J connectivity index is 1.84. The van der Waals surface area contributed by atoms with Crippen LogP contribution in [0, 0.1) is 13.8 Å². The minimum absolute atomic E-state index is 0.0606. The van der Waals surface area contributed by atoms with E-state index in [1.165, 1.54) is 11.7 Å². The fraction of sp³-hybridized carbons (Fsp3) is 0.292. The quantitative estimate of drug-likeness (QED) is 0.435. The van der Waals surface area contributed by atoms with Crippen molar-refractivity contribution in [3.8, 4) is 5.75 Å². The normalized spacial score (nSPS) is 10.6. The minimum atomic E-state index is -0.646. The lowest BCUT2D eigenvalue weighted by Gasteiger charge is -2.18. The van der Waals surface area contributed by atoms with E-state index < -0.39 is 17.2 Å². The summed E-state index contributed by atoms with van der Waals surface area (Å²) in [6, 6.07) is 15.0. The molecule has 0 fully saturated rings. The molecule has 0 spiro atoms. The molecule has 0 aliphatic carbocycles. The van der Waals surface area contributed by atoms with Crippen molar-refractivity contribution in [3.63, 3.8) is 0 Å². The lowest BCUT2D eigenvalue weighted by molar-refractivity contribution is -0.118. The third-order valence-electron chi connectivity index (χ3n) is 5.14. The van der Waals surface area contributed by atoms with Crippen LogP contribution < -0.4 is 26.6 Å². The molecule has 0 bridgehead atoms. The number of rotatable bonds is 10. The predicted octanol–water partition coefficient (Wildman–Crippen LogP) is 2.43. The first-order chi connectivity index (χ1) is 15.9. The molecule has 0 unspecified atom stereocenters. The first kappa shape index (κ1) is 23.8. The molecule has 0 radical (unpaired) electrons. The molecule has 0 saturated carbocycles. The third-order valence-corrected chi connectivity index (χ3v) is 5.14. The number of carbonyl (C=O) groups is 1. The van der Waals surface area contributed by atoms with E-state index >= 15 is 0 Å². The summed E-state index contributed by atoms with van der Waals surface area (Å²) in [6.07, 6.45) is 0. The molecule has 9 heteroatoms. The van der Waals surface area contributed by atoms with Crippen molar-refractivity contribution in [1.82, 2.24) is 9.55 Å². The van der Waals surface area contributed by atoms with Gasteiger partial charge in [0.25, 0.3) is 11.5 Å². The highest BCUT2D eigenvalue weighted by Crippen LogP contribution is 2.18. The maximum absolute atomic E-state index is 12.7. The highest BCUT2D eigenvalue weighted by Gasteiger charge is 2.18. The van der Waals surface area contributed by atoms with Gasteiger partial charge in [-0.3, -0.25) is 19.1 Å². The summed E-state index contributed by atoms with van der Waals surface area (Å²) in [7, 11) is 1.50. The van der Waals surface area contributed by atoms with E-state index in [4.69, 9.17) is 9.47 Å². The zero-order valence-electron chi connectivity index (χ0n) is 18.9. The number of ether oxygens (including phenoxy) is 2. The van der Waals surface area contributed by atoms with Gasteiger partial charge < -0.3 is 20.1 Å². The Morgan fingerprint density at radius 3 is 2.52 bits per heavy atom. The van der Waals surface area contributed by atoms with Gasteiger partial charge in [-0.05, 0) is 42.7 Å². The molecule has 1 heterocycles. The summed E-state index contributed by atoms with van der Waals surface area (Å²) >= 11 is 0. The molecule has 0 saturated heterocycles. The molecule has 174 valence electrons. The van der Waals surface area contributed by atoms with E-state index in [0.29, 0.717) is 12.3 Å². The van der Waals surface area contributed by atoms with Crippen LogP contribution in [0.25, 0.3) is 0 Å². The van der Waals surface area contributed by atoms with Crippen LogP contribution in [0.3, 0.4) is 0 Å². The van der Waals surface area contributed by atoms with E-state index in [-0.39, 0.29) is 31.3 Å². The number of methoxy groups -OCH3 is 1. The molecule has 1 amide bonds. The summed E-state index contributed by atoms with van der Waals surface area (Å²) in [6.45, 7) is 4.34. The smallest absolute Gasteiger partial charge is 0.330 e. The van der Waals surface area contributed by atoms with E-state index in [1.54, 1.807) is 6.07 Å².